The summed E-state index contributed by atoms with van der Waals surface area (Å²) in [6.45, 7) is 11.1. The van der Waals surface area contributed by atoms with Gasteiger partial charge in [-0.1, -0.05) is 42.2 Å². The molecule has 2 nitrogen and oxygen atoms in total. The fourth-order valence-corrected chi connectivity index (χ4v) is 3.48. The van der Waals surface area contributed by atoms with Crippen LogP contribution in [0.25, 0.3) is 0 Å². The Hall–Kier alpha value is -1.31. The van der Waals surface area contributed by atoms with Crippen LogP contribution >= 0.6 is 0 Å². The number of carbonyl (C=O) groups is 1. The van der Waals surface area contributed by atoms with E-state index in [1.807, 2.05) is 6.92 Å². The van der Waals surface area contributed by atoms with Crippen molar-refractivity contribution in [3.63, 3.8) is 0 Å². The number of aliphatic carboxylic acids is 1. The van der Waals surface area contributed by atoms with Crippen molar-refractivity contribution in [3.05, 3.63) is 34.4 Å². The van der Waals surface area contributed by atoms with Crippen molar-refractivity contribution in [2.45, 2.75) is 79.6 Å². The van der Waals surface area contributed by atoms with E-state index in [0.717, 1.165) is 24.8 Å². The van der Waals surface area contributed by atoms with E-state index in [4.69, 9.17) is 5.11 Å². The average Bonchev–Trinajstić information content (AvgIpc) is 2.36. The molecule has 1 aliphatic carbocycles. The van der Waals surface area contributed by atoms with Crippen LogP contribution in [0, 0.1) is 5.41 Å². The lowest BCUT2D eigenvalue weighted by atomic mass is 9.71. The van der Waals surface area contributed by atoms with E-state index in [9.17, 15) is 4.79 Å². The van der Waals surface area contributed by atoms with Gasteiger partial charge in [0.1, 0.15) is 0 Å². The molecule has 0 amide bonds. The molecule has 1 N–H and O–H groups in total. The lowest BCUT2D eigenvalue weighted by Crippen LogP contribution is -2.20. The Morgan fingerprint density at radius 2 is 1.91 bits per heavy atom. The van der Waals surface area contributed by atoms with Gasteiger partial charge >= 0.3 is 5.97 Å². The van der Waals surface area contributed by atoms with Gasteiger partial charge in [0.15, 0.2) is 0 Å². The molecular weight excluding hydrogens is 272 g/mol. The summed E-state index contributed by atoms with van der Waals surface area (Å²) in [5.41, 5.74) is 5.98. The average molecular weight is 304 g/mol. The molecule has 0 heterocycles. The maximum absolute atomic E-state index is 10.6. The number of allylic oxidation sites excluding steroid dienone is 5. The second-order valence-electron chi connectivity index (χ2n) is 7.41. The van der Waals surface area contributed by atoms with Crippen molar-refractivity contribution in [2.75, 3.05) is 0 Å². The van der Waals surface area contributed by atoms with E-state index in [2.05, 4.69) is 33.8 Å². The standard InChI is InChI=1S/C20H32O2/c1-15(8-6-9-16(2)14-19(21)22)11-12-18-17(3)10-7-13-20(18,4)5/h8,14H,6-7,9-13H2,1-5H3,(H,21,22)/b15-8+,16-14+. The van der Waals surface area contributed by atoms with Gasteiger partial charge in [0.2, 0.25) is 0 Å². The van der Waals surface area contributed by atoms with Crippen molar-refractivity contribution in [1.82, 2.24) is 0 Å². The van der Waals surface area contributed by atoms with Gasteiger partial charge < -0.3 is 5.11 Å². The number of carboxylic acid groups (broad SMARTS) is 1. The van der Waals surface area contributed by atoms with Crippen LogP contribution in [-0.4, -0.2) is 11.1 Å². The molecule has 0 bridgehead atoms. The molecule has 0 unspecified atom stereocenters. The fraction of sp³-hybridized carbons (Fsp3) is 0.650. The molecule has 0 saturated carbocycles. The molecule has 0 aromatic heterocycles. The van der Waals surface area contributed by atoms with Crippen LogP contribution in [0.4, 0.5) is 0 Å². The second kappa shape index (κ2) is 8.36. The van der Waals surface area contributed by atoms with Gasteiger partial charge in [-0.05, 0) is 71.1 Å². The first-order valence-electron chi connectivity index (χ1n) is 8.47. The van der Waals surface area contributed by atoms with E-state index < -0.39 is 5.97 Å². The summed E-state index contributed by atoms with van der Waals surface area (Å²) in [6, 6.07) is 0. The zero-order valence-electron chi connectivity index (χ0n) is 15.0. The van der Waals surface area contributed by atoms with Crippen molar-refractivity contribution in [1.29, 1.82) is 0 Å². The lowest BCUT2D eigenvalue weighted by Gasteiger charge is -2.35. The molecule has 0 aliphatic heterocycles. The minimum atomic E-state index is -0.847. The maximum atomic E-state index is 10.6. The number of hydrogen-bond acceptors (Lipinski definition) is 1. The van der Waals surface area contributed by atoms with E-state index in [-0.39, 0.29) is 0 Å². The van der Waals surface area contributed by atoms with Crippen LogP contribution in [0.15, 0.2) is 34.4 Å². The van der Waals surface area contributed by atoms with Crippen LogP contribution in [-0.2, 0) is 4.79 Å². The Kier molecular flexibility index (Phi) is 7.12. The molecular formula is C20H32O2. The molecule has 0 fully saturated rings. The first-order chi connectivity index (χ1) is 10.2. The number of hydrogen-bond donors (Lipinski definition) is 1. The summed E-state index contributed by atoms with van der Waals surface area (Å²) in [5, 5.41) is 8.70. The maximum Gasteiger partial charge on any atom is 0.328 e. The van der Waals surface area contributed by atoms with Crippen molar-refractivity contribution in [2.24, 2.45) is 5.41 Å². The van der Waals surface area contributed by atoms with Crippen LogP contribution in [0.3, 0.4) is 0 Å². The second-order valence-corrected chi connectivity index (χ2v) is 7.41. The van der Waals surface area contributed by atoms with Crippen LogP contribution in [0.2, 0.25) is 0 Å². The smallest absolute Gasteiger partial charge is 0.328 e. The molecule has 0 aromatic carbocycles. The van der Waals surface area contributed by atoms with E-state index in [0.29, 0.717) is 5.41 Å². The molecule has 22 heavy (non-hydrogen) atoms. The first kappa shape index (κ1) is 18.7. The third-order valence-electron chi connectivity index (χ3n) is 4.86. The van der Waals surface area contributed by atoms with E-state index >= 15 is 0 Å². The van der Waals surface area contributed by atoms with Gasteiger partial charge in [-0.15, -0.1) is 0 Å². The molecule has 0 saturated heterocycles. The van der Waals surface area contributed by atoms with E-state index in [1.165, 1.54) is 37.3 Å². The molecule has 0 spiro atoms. The predicted molar refractivity (Wildman–Crippen MR) is 93.9 cm³/mol. The van der Waals surface area contributed by atoms with Gasteiger partial charge in [-0.3, -0.25) is 0 Å². The Balaban J connectivity index is 2.50. The van der Waals surface area contributed by atoms with Gasteiger partial charge in [0.25, 0.3) is 0 Å². The topological polar surface area (TPSA) is 37.3 Å². The van der Waals surface area contributed by atoms with Crippen molar-refractivity contribution >= 4 is 5.97 Å². The van der Waals surface area contributed by atoms with Gasteiger partial charge in [0, 0.05) is 6.08 Å². The molecule has 1 aliphatic rings. The monoisotopic (exact) mass is 304 g/mol. The molecule has 2 heteroatoms. The summed E-state index contributed by atoms with van der Waals surface area (Å²) in [7, 11) is 0. The van der Waals surface area contributed by atoms with Crippen molar-refractivity contribution in [3.8, 4) is 0 Å². The lowest BCUT2D eigenvalue weighted by molar-refractivity contribution is -0.131. The summed E-state index contributed by atoms with van der Waals surface area (Å²) < 4.78 is 0. The Morgan fingerprint density at radius 3 is 2.50 bits per heavy atom. The zero-order chi connectivity index (χ0) is 16.8. The highest BCUT2D eigenvalue weighted by Crippen LogP contribution is 2.42. The molecule has 0 aromatic rings. The largest absolute Gasteiger partial charge is 0.478 e. The van der Waals surface area contributed by atoms with Crippen LogP contribution in [0.1, 0.15) is 79.6 Å². The zero-order valence-corrected chi connectivity index (χ0v) is 15.0. The Morgan fingerprint density at radius 1 is 1.23 bits per heavy atom. The predicted octanol–water partition coefficient (Wildman–Crippen LogP) is 6.05. The minimum absolute atomic E-state index is 0.365. The summed E-state index contributed by atoms with van der Waals surface area (Å²) in [6.07, 6.45) is 11.5. The highest BCUT2D eigenvalue weighted by Gasteiger charge is 2.27. The Labute approximate surface area is 136 Å². The molecule has 1 rings (SSSR count). The number of rotatable bonds is 7. The molecule has 0 radical (unpaired) electrons. The normalized spacial score (nSPS) is 19.5. The van der Waals surface area contributed by atoms with E-state index in [1.54, 1.807) is 11.1 Å². The number of carboxylic acids is 1. The van der Waals surface area contributed by atoms with Gasteiger partial charge in [0.05, 0.1) is 0 Å². The van der Waals surface area contributed by atoms with Crippen molar-refractivity contribution < 1.29 is 9.90 Å². The first-order valence-corrected chi connectivity index (χ1v) is 8.47. The quantitative estimate of drug-likeness (QED) is 0.459. The summed E-state index contributed by atoms with van der Waals surface area (Å²) in [5.74, 6) is -0.847. The SMILES string of the molecule is CC1=C(CC/C(C)=C/CC/C(C)=C/C(=O)O)C(C)(C)CCC1. The summed E-state index contributed by atoms with van der Waals surface area (Å²) >= 11 is 0. The summed E-state index contributed by atoms with van der Waals surface area (Å²) in [4.78, 5) is 10.6. The third kappa shape index (κ3) is 6.21. The minimum Gasteiger partial charge on any atom is -0.478 e. The molecule has 0 atom stereocenters. The van der Waals surface area contributed by atoms with Crippen LogP contribution in [0.5, 0.6) is 0 Å². The third-order valence-corrected chi connectivity index (χ3v) is 4.86. The highest BCUT2D eigenvalue weighted by molar-refractivity contribution is 5.80. The Bertz CT molecular complexity index is 490. The van der Waals surface area contributed by atoms with Gasteiger partial charge in [-0.25, -0.2) is 4.79 Å². The molecule has 124 valence electrons. The van der Waals surface area contributed by atoms with Crippen LogP contribution < -0.4 is 0 Å². The van der Waals surface area contributed by atoms with Gasteiger partial charge in [-0.2, -0.15) is 0 Å². The highest BCUT2D eigenvalue weighted by atomic mass is 16.4. The fourth-order valence-electron chi connectivity index (χ4n) is 3.48.